The minimum Gasteiger partial charge on any atom is -0.756 e. The van der Waals surface area contributed by atoms with Crippen LogP contribution < -0.4 is 168 Å². The normalized spacial score (nSPS) is 19.4. The second-order valence-electron chi connectivity index (χ2n) is 20.9. The Morgan fingerprint density at radius 2 is 1.03 bits per heavy atom. The van der Waals surface area contributed by atoms with Crippen LogP contribution in [0.3, 0.4) is 0 Å². The van der Waals surface area contributed by atoms with Crippen LogP contribution in [-0.2, 0) is 85.9 Å². The summed E-state index contributed by atoms with van der Waals surface area (Å²) in [6.07, 6.45) is 10.4. The number of nitrogens with one attached hydrogen (secondary N) is 2. The Kier molecular flexibility index (Phi) is 67.3. The SMILES string of the molecule is CCCCCCCCCCCCCCCCOC[C@H](COP(=O)([O-])OCCNC[C@H](NC(C)=O)[C@@H](O[C@@H]1O[C@H](C(=O)[O-])[C@@H](O)[C@H](O)[C@H]1OS(=O)(=O)[O-])[C@@H](OS(=O)(=O)[O-])[C@H](O)COS(=O)(=O)[O-])OCCCCCCCCCCCCCCCC.[Na+].[Na+].[Na+].[Na+].[Na+]. The molecule has 0 spiro atoms. The van der Waals surface area contributed by atoms with Gasteiger partial charge in [0.1, 0.15) is 42.7 Å². The smallest absolute Gasteiger partial charge is 0.756 e. The number of unbranched alkanes of at least 4 members (excludes halogenated alkanes) is 26. The van der Waals surface area contributed by atoms with E-state index in [1.54, 1.807) is 0 Å². The number of aliphatic carboxylic acids is 1. The van der Waals surface area contributed by atoms with Gasteiger partial charge in [-0.15, -0.1) is 0 Å². The van der Waals surface area contributed by atoms with Crippen molar-refractivity contribution in [1.29, 1.82) is 0 Å². The molecule has 0 bridgehead atoms. The summed E-state index contributed by atoms with van der Waals surface area (Å²) in [5.41, 5.74) is 0. The van der Waals surface area contributed by atoms with Crippen molar-refractivity contribution in [3.05, 3.63) is 0 Å². The molecule has 0 aliphatic carbocycles. The molecule has 1 heterocycles. The van der Waals surface area contributed by atoms with Gasteiger partial charge in [0, 0.05) is 33.2 Å². The Hall–Kier alpha value is 3.34. The van der Waals surface area contributed by atoms with Crippen LogP contribution >= 0.6 is 7.82 Å². The van der Waals surface area contributed by atoms with Gasteiger partial charge in [-0.05, 0) is 12.8 Å². The molecule has 1 unspecified atom stereocenters. The van der Waals surface area contributed by atoms with E-state index in [4.69, 9.17) is 28.0 Å². The molecule has 11 atom stereocenters. The maximum atomic E-state index is 13.0. The molecule has 1 aliphatic heterocycles. The average Bonchev–Trinajstić information content (AvgIpc) is 2.49. The van der Waals surface area contributed by atoms with Gasteiger partial charge < -0.3 is 82.4 Å². The van der Waals surface area contributed by atoms with Crippen LogP contribution in [0.25, 0.3) is 0 Å². The topological polar surface area (TPSA) is 437 Å². The van der Waals surface area contributed by atoms with E-state index >= 15 is 0 Å². The number of phosphoric ester groups is 1. The molecule has 1 fully saturated rings. The van der Waals surface area contributed by atoms with Crippen LogP contribution in [-0.4, -0.2) is 180 Å². The van der Waals surface area contributed by atoms with Crippen molar-refractivity contribution in [3.8, 4) is 0 Å². The summed E-state index contributed by atoms with van der Waals surface area (Å²) in [4.78, 5) is 37.4. The zero-order chi connectivity index (χ0) is 62.2. The van der Waals surface area contributed by atoms with E-state index in [2.05, 4.69) is 37.0 Å². The van der Waals surface area contributed by atoms with E-state index in [9.17, 15) is 78.4 Å². The number of carbonyl (C=O) groups excluding carboxylic acids is 2. The first-order valence-corrected chi connectivity index (χ1v) is 34.9. The first-order chi connectivity index (χ1) is 39.2. The van der Waals surface area contributed by atoms with E-state index in [1.807, 2.05) is 0 Å². The number of carboxylic acids is 1. The van der Waals surface area contributed by atoms with Crippen LogP contribution in [0.5, 0.6) is 0 Å². The van der Waals surface area contributed by atoms with Gasteiger partial charge in [0.2, 0.25) is 37.1 Å². The third-order valence-electron chi connectivity index (χ3n) is 13.5. The Balaban J connectivity index is -0.00000459. The maximum absolute atomic E-state index is 13.0. The minimum atomic E-state index is -6.08. The number of carboxylic acid groups (broad SMARTS) is 1. The van der Waals surface area contributed by atoms with Gasteiger partial charge >= 0.3 is 148 Å². The second kappa shape index (κ2) is 59.2. The standard InChI is InChI=1S/C51H101N2O26PS3.5Na/c1-4-6-8-10-12-14-16-18-20-22-24-26-28-30-33-71-37-41(72-34-31-29-27-25-23-21-19-17-15-13-11-9-7-5-2)38-74-80(60,61)73-35-32-52-36-42(53-40(3)54)46(47(78-82(65,66)67)43(55)39-75-81(62,63)64)76-51-49(79-83(68,69)70)45(57)44(56)48(77-51)50(58)59;;;;;/h41-49,51-52,55-57H,4-39H2,1-3H3,(H,53,54)(H,58,59)(H,60,61)(H,62,63,64)(H,65,66,67)(H,68,69,70);;;;;/q;5*+1/p-5/t41-,42+,43-,44+,45+,46-,47+,48+,49-,51-;;;;;/m1...../s1. The molecule has 37 heteroatoms. The summed E-state index contributed by atoms with van der Waals surface area (Å²) in [7, 11) is -22.8. The Morgan fingerprint density at radius 3 is 1.44 bits per heavy atom. The molecule has 28 nitrogen and oxygen atoms in total. The molecule has 0 aromatic heterocycles. The number of carbonyl (C=O) groups is 2. The van der Waals surface area contributed by atoms with Crippen molar-refractivity contribution < 1.29 is 267 Å². The van der Waals surface area contributed by atoms with E-state index in [-0.39, 0.29) is 154 Å². The van der Waals surface area contributed by atoms with Crippen LogP contribution in [0.15, 0.2) is 0 Å². The van der Waals surface area contributed by atoms with Crippen molar-refractivity contribution in [1.82, 2.24) is 10.6 Å². The first-order valence-electron chi connectivity index (χ1n) is 29.4. The summed E-state index contributed by atoms with van der Waals surface area (Å²) >= 11 is 0. The van der Waals surface area contributed by atoms with Crippen molar-refractivity contribution in [3.63, 3.8) is 0 Å². The number of aliphatic hydroxyl groups is 3. The fourth-order valence-electron chi connectivity index (χ4n) is 9.17. The van der Waals surface area contributed by atoms with Gasteiger partial charge in [0.25, 0.3) is 7.82 Å². The first kappa shape index (κ1) is 100.0. The van der Waals surface area contributed by atoms with Gasteiger partial charge in [0.05, 0.1) is 38.4 Å². The number of phosphoric acid groups is 1. The molecule has 1 saturated heterocycles. The van der Waals surface area contributed by atoms with Crippen molar-refractivity contribution in [2.75, 3.05) is 52.7 Å². The number of ether oxygens (including phenoxy) is 4. The number of hydrogen-bond donors (Lipinski definition) is 5. The number of hydrogen-bond acceptors (Lipinski definition) is 27. The van der Waals surface area contributed by atoms with Crippen molar-refractivity contribution >= 4 is 50.9 Å². The van der Waals surface area contributed by atoms with Gasteiger partial charge in [-0.1, -0.05) is 181 Å². The van der Waals surface area contributed by atoms with E-state index in [1.165, 1.54) is 122 Å². The molecule has 1 amide bonds. The van der Waals surface area contributed by atoms with Gasteiger partial charge in [0.15, 0.2) is 12.4 Å². The monoisotopic (exact) mass is 1390 g/mol. The van der Waals surface area contributed by atoms with Crippen LogP contribution in [0, 0.1) is 0 Å². The maximum Gasteiger partial charge on any atom is 1.00 e. The van der Waals surface area contributed by atoms with Gasteiger partial charge in [-0.3, -0.25) is 21.9 Å². The van der Waals surface area contributed by atoms with E-state index in [0.717, 1.165) is 64.7 Å². The van der Waals surface area contributed by atoms with Crippen molar-refractivity contribution in [2.45, 2.75) is 262 Å². The molecule has 494 valence electrons. The summed E-state index contributed by atoms with van der Waals surface area (Å²) in [6, 6.07) is -1.99. The fourth-order valence-corrected chi connectivity index (χ4v) is 11.2. The van der Waals surface area contributed by atoms with Gasteiger partial charge in [-0.25, -0.2) is 25.3 Å². The van der Waals surface area contributed by atoms with E-state index < -0.39 is 145 Å². The summed E-state index contributed by atoms with van der Waals surface area (Å²) in [5, 5.41) is 48.4. The van der Waals surface area contributed by atoms with Crippen LogP contribution in [0.1, 0.15) is 201 Å². The third-order valence-corrected chi connectivity index (χ3v) is 15.8. The molecule has 0 saturated carbocycles. The molecule has 0 radical (unpaired) electrons. The molecule has 88 heavy (non-hydrogen) atoms. The molecule has 0 aromatic rings. The quantitative estimate of drug-likeness (QED) is 0.0124. The molecule has 0 aromatic carbocycles. The predicted molar refractivity (Wildman–Crippen MR) is 293 cm³/mol. The van der Waals surface area contributed by atoms with Gasteiger partial charge in [-0.2, -0.15) is 0 Å². The zero-order valence-electron chi connectivity index (χ0n) is 53.6. The minimum absolute atomic E-state index is 0. The summed E-state index contributed by atoms with van der Waals surface area (Å²) < 4.78 is 163. The molecule has 1 aliphatic rings. The zero-order valence-corrected chi connectivity index (χ0v) is 67.0. The van der Waals surface area contributed by atoms with Crippen molar-refractivity contribution in [2.24, 2.45) is 0 Å². The fraction of sp³-hybridized carbons (Fsp3) is 0.961. The summed E-state index contributed by atoms with van der Waals surface area (Å²) in [5.74, 6) is -3.36. The Labute approximate surface area is 635 Å². The number of aliphatic hydroxyl groups excluding tert-OH is 3. The van der Waals surface area contributed by atoms with Crippen LogP contribution in [0.4, 0.5) is 0 Å². The second-order valence-corrected chi connectivity index (χ2v) is 25.4. The van der Waals surface area contributed by atoms with E-state index in [0.29, 0.717) is 13.2 Å². The Morgan fingerprint density at radius 1 is 0.591 bits per heavy atom. The Bertz CT molecular complexity index is 2110. The number of rotatable bonds is 56. The third kappa shape index (κ3) is 54.3. The molecular formula is C51H96N2Na5O26PS3. The average molecular weight is 1400 g/mol. The molecule has 5 N–H and O–H groups in total. The largest absolute Gasteiger partial charge is 1.00 e. The number of amides is 1. The molecule has 1 rings (SSSR count). The molecular weight excluding hydrogens is 1300 g/mol. The van der Waals surface area contributed by atoms with Crippen LogP contribution in [0.2, 0.25) is 0 Å². The predicted octanol–water partition coefficient (Wildman–Crippen LogP) is -11.9. The summed E-state index contributed by atoms with van der Waals surface area (Å²) in [6.45, 7) is 1.76.